The molecule has 0 aromatic carbocycles. The molecule has 5 rings (SSSR count). The fourth-order valence-electron chi connectivity index (χ4n) is 4.41. The molecule has 80 valence electrons. The molecule has 1 N–H and O–H groups in total. The van der Waals surface area contributed by atoms with Gasteiger partial charge >= 0.3 is 0 Å². The van der Waals surface area contributed by atoms with Gasteiger partial charge in [-0.15, -0.1) is 0 Å². The summed E-state index contributed by atoms with van der Waals surface area (Å²) in [6, 6.07) is 0.656. The van der Waals surface area contributed by atoms with Gasteiger partial charge in [0.1, 0.15) is 0 Å². The molecule has 0 saturated heterocycles. The molecule has 2 aliphatic heterocycles. The molecule has 0 radical (unpaired) electrons. The van der Waals surface area contributed by atoms with Crippen LogP contribution in [0.5, 0.6) is 0 Å². The maximum atomic E-state index is 3.79. The third-order valence-corrected chi connectivity index (χ3v) is 5.00. The fraction of sp³-hybridized carbons (Fsp3) is 0.467. The average molecular weight is 209 g/mol. The summed E-state index contributed by atoms with van der Waals surface area (Å²) in [7, 11) is 0. The molecule has 1 fully saturated rings. The Morgan fingerprint density at radius 2 is 2.12 bits per heavy atom. The van der Waals surface area contributed by atoms with E-state index in [-0.39, 0.29) is 0 Å². The molecule has 0 aromatic rings. The topological polar surface area (TPSA) is 12.0 Å². The minimum absolute atomic E-state index is 0.570. The Morgan fingerprint density at radius 3 is 3.12 bits per heavy atom. The van der Waals surface area contributed by atoms with Crippen LogP contribution in [0.2, 0.25) is 0 Å². The quantitative estimate of drug-likeness (QED) is 0.647. The lowest BCUT2D eigenvalue weighted by molar-refractivity contribution is 0.425. The molecule has 1 heteroatoms. The number of rotatable bonds is 0. The van der Waals surface area contributed by atoms with Gasteiger partial charge in [0, 0.05) is 17.7 Å². The highest BCUT2D eigenvalue weighted by molar-refractivity contribution is 5.60. The largest absolute Gasteiger partial charge is 0.381 e. The minimum Gasteiger partial charge on any atom is -0.381 e. The van der Waals surface area contributed by atoms with Crippen LogP contribution in [0.15, 0.2) is 46.7 Å². The Balaban J connectivity index is 1.91. The molecule has 8 bridgehead atoms. The third kappa shape index (κ3) is 0.774. The van der Waals surface area contributed by atoms with Gasteiger partial charge in [0.2, 0.25) is 0 Å². The van der Waals surface area contributed by atoms with Crippen molar-refractivity contribution in [3.05, 3.63) is 46.7 Å². The summed E-state index contributed by atoms with van der Waals surface area (Å²) in [5.41, 5.74) is 6.42. The molecule has 0 aromatic heterocycles. The molecule has 5 aliphatic rings. The van der Waals surface area contributed by atoms with Gasteiger partial charge in [0.25, 0.3) is 0 Å². The predicted molar refractivity (Wildman–Crippen MR) is 63.6 cm³/mol. The van der Waals surface area contributed by atoms with Crippen LogP contribution in [0, 0.1) is 17.8 Å². The monoisotopic (exact) mass is 209 g/mol. The Morgan fingerprint density at radius 1 is 1.12 bits per heavy atom. The van der Waals surface area contributed by atoms with E-state index >= 15 is 0 Å². The van der Waals surface area contributed by atoms with Crippen LogP contribution < -0.4 is 5.32 Å². The second-order valence-corrected chi connectivity index (χ2v) is 5.91. The van der Waals surface area contributed by atoms with Gasteiger partial charge in [-0.1, -0.05) is 24.3 Å². The van der Waals surface area contributed by atoms with E-state index in [0.29, 0.717) is 12.0 Å². The first-order chi connectivity index (χ1) is 7.88. The highest BCUT2D eigenvalue weighted by atomic mass is 15.0. The minimum atomic E-state index is 0.570. The predicted octanol–water partition coefficient (Wildman–Crippen LogP) is 2.69. The standard InChI is InChI=1S/C15H15N/c1-2-11-12-4-8-3-9-6-14(11)16-15(7-9)13(5-8)10(1)12/h1-2,4,6,8-9,11,15-16H,3,5,7H2. The first kappa shape index (κ1) is 7.94. The van der Waals surface area contributed by atoms with Crippen molar-refractivity contribution >= 4 is 0 Å². The third-order valence-electron chi connectivity index (χ3n) is 5.00. The highest BCUT2D eigenvalue weighted by Crippen LogP contribution is 2.51. The van der Waals surface area contributed by atoms with Crippen molar-refractivity contribution in [2.45, 2.75) is 25.3 Å². The van der Waals surface area contributed by atoms with Gasteiger partial charge in [-0.2, -0.15) is 0 Å². The van der Waals surface area contributed by atoms with Crippen molar-refractivity contribution in [1.82, 2.24) is 5.32 Å². The Hall–Kier alpha value is -1.24. The molecule has 3 aliphatic carbocycles. The zero-order valence-electron chi connectivity index (χ0n) is 9.24. The maximum Gasteiger partial charge on any atom is 0.0485 e. The molecule has 4 unspecified atom stereocenters. The molecule has 4 atom stereocenters. The summed E-state index contributed by atoms with van der Waals surface area (Å²) in [6.07, 6.45) is 13.9. The SMILES string of the molecule is C1=CC2C3=CC4CC5C=C2C1=C(C5)C(C4)N3. The Labute approximate surface area is 95.6 Å². The van der Waals surface area contributed by atoms with Crippen LogP contribution in [-0.2, 0) is 0 Å². The second kappa shape index (κ2) is 2.37. The summed E-state index contributed by atoms with van der Waals surface area (Å²) >= 11 is 0. The van der Waals surface area contributed by atoms with Gasteiger partial charge in [-0.3, -0.25) is 0 Å². The van der Waals surface area contributed by atoms with Crippen molar-refractivity contribution in [3.8, 4) is 0 Å². The van der Waals surface area contributed by atoms with E-state index in [9.17, 15) is 0 Å². The van der Waals surface area contributed by atoms with Crippen LogP contribution in [0.3, 0.4) is 0 Å². The molecule has 0 amide bonds. The lowest BCUT2D eigenvalue weighted by atomic mass is 9.80. The summed E-state index contributed by atoms with van der Waals surface area (Å²) in [4.78, 5) is 0. The summed E-state index contributed by atoms with van der Waals surface area (Å²) in [6.45, 7) is 0. The zero-order valence-corrected chi connectivity index (χ0v) is 9.24. The number of allylic oxidation sites excluding steroid dienone is 5. The van der Waals surface area contributed by atoms with Crippen LogP contribution in [0.4, 0.5) is 0 Å². The van der Waals surface area contributed by atoms with E-state index in [0.717, 1.165) is 11.8 Å². The first-order valence-electron chi connectivity index (χ1n) is 6.50. The fourth-order valence-corrected chi connectivity index (χ4v) is 4.41. The van der Waals surface area contributed by atoms with E-state index in [1.807, 2.05) is 0 Å². The van der Waals surface area contributed by atoms with Gasteiger partial charge in [0.05, 0.1) is 0 Å². The Kier molecular flexibility index (Phi) is 1.18. The van der Waals surface area contributed by atoms with Gasteiger partial charge in [-0.05, 0) is 47.8 Å². The van der Waals surface area contributed by atoms with Crippen LogP contribution >= 0.6 is 0 Å². The maximum absolute atomic E-state index is 3.79. The zero-order chi connectivity index (χ0) is 10.3. The van der Waals surface area contributed by atoms with Crippen molar-refractivity contribution in [3.63, 3.8) is 0 Å². The summed E-state index contributed by atoms with van der Waals surface area (Å²) < 4.78 is 0. The average Bonchev–Trinajstić information content (AvgIpc) is 2.63. The van der Waals surface area contributed by atoms with Crippen LogP contribution in [-0.4, -0.2) is 6.04 Å². The normalized spacial score (nSPS) is 45.5. The highest BCUT2D eigenvalue weighted by Gasteiger charge is 2.42. The lowest BCUT2D eigenvalue weighted by Gasteiger charge is -2.31. The van der Waals surface area contributed by atoms with E-state index in [4.69, 9.17) is 0 Å². The summed E-state index contributed by atoms with van der Waals surface area (Å²) in [5, 5.41) is 3.79. The van der Waals surface area contributed by atoms with Crippen LogP contribution in [0.1, 0.15) is 19.3 Å². The van der Waals surface area contributed by atoms with Gasteiger partial charge in [0.15, 0.2) is 0 Å². The number of hydrogen-bond donors (Lipinski definition) is 1. The van der Waals surface area contributed by atoms with Crippen molar-refractivity contribution < 1.29 is 0 Å². The van der Waals surface area contributed by atoms with E-state index in [1.165, 1.54) is 25.0 Å². The molecular formula is C15H15N. The molecule has 1 nitrogen and oxygen atoms in total. The number of nitrogens with one attached hydrogen (secondary N) is 1. The number of fused-ring (bicyclic) bond motifs is 4. The summed E-state index contributed by atoms with van der Waals surface area (Å²) in [5.74, 6) is 2.22. The molecule has 1 saturated carbocycles. The van der Waals surface area contributed by atoms with Crippen LogP contribution in [0.25, 0.3) is 0 Å². The molecular weight excluding hydrogens is 194 g/mol. The lowest BCUT2D eigenvalue weighted by Crippen LogP contribution is -2.36. The van der Waals surface area contributed by atoms with Gasteiger partial charge in [-0.25, -0.2) is 0 Å². The van der Waals surface area contributed by atoms with Crippen molar-refractivity contribution in [2.75, 3.05) is 0 Å². The van der Waals surface area contributed by atoms with Gasteiger partial charge < -0.3 is 5.32 Å². The van der Waals surface area contributed by atoms with E-state index in [2.05, 4.69) is 29.6 Å². The second-order valence-electron chi connectivity index (χ2n) is 5.91. The van der Waals surface area contributed by atoms with E-state index in [1.54, 1.807) is 16.7 Å². The van der Waals surface area contributed by atoms with Crippen molar-refractivity contribution in [1.29, 1.82) is 0 Å². The smallest absolute Gasteiger partial charge is 0.0485 e. The Bertz CT molecular complexity index is 518. The molecule has 2 heterocycles. The van der Waals surface area contributed by atoms with Crippen molar-refractivity contribution in [2.24, 2.45) is 17.8 Å². The molecule has 16 heavy (non-hydrogen) atoms. The molecule has 0 spiro atoms. The number of hydrogen-bond acceptors (Lipinski definition) is 1. The van der Waals surface area contributed by atoms with E-state index < -0.39 is 0 Å². The first-order valence-corrected chi connectivity index (χ1v) is 6.50.